The fourth-order valence-electron chi connectivity index (χ4n) is 3.04. The van der Waals surface area contributed by atoms with Gasteiger partial charge in [-0.05, 0) is 32.6 Å². The van der Waals surface area contributed by atoms with Crippen LogP contribution in [0.25, 0.3) is 0 Å². The summed E-state index contributed by atoms with van der Waals surface area (Å²) in [6, 6.07) is 0. The van der Waals surface area contributed by atoms with Gasteiger partial charge in [0, 0.05) is 6.42 Å². The van der Waals surface area contributed by atoms with Crippen molar-refractivity contribution in [3.63, 3.8) is 0 Å². The lowest BCUT2D eigenvalue weighted by molar-refractivity contribution is -0.154. The molecule has 0 aromatic rings. The molecule has 0 bridgehead atoms. The van der Waals surface area contributed by atoms with Gasteiger partial charge in [0.25, 0.3) is 0 Å². The second kappa shape index (κ2) is 13.2. The van der Waals surface area contributed by atoms with E-state index in [2.05, 4.69) is 46.3 Å². The smallest absolute Gasteiger partial charge is 0.214 e. The molecular formula is C20H44O3Si3. The minimum atomic E-state index is -1.99. The fourth-order valence-corrected chi connectivity index (χ4v) is 6.06. The average molecular weight is 417 g/mol. The normalized spacial score (nSPS) is 13.1. The highest BCUT2D eigenvalue weighted by Gasteiger charge is 2.41. The van der Waals surface area contributed by atoms with Crippen LogP contribution in [0.15, 0.2) is 24.6 Å². The van der Waals surface area contributed by atoms with E-state index in [1.165, 1.54) is 44.9 Å². The van der Waals surface area contributed by atoms with Gasteiger partial charge in [0.15, 0.2) is 5.79 Å². The van der Waals surface area contributed by atoms with Crippen LogP contribution in [-0.4, -0.2) is 39.5 Å². The van der Waals surface area contributed by atoms with Crippen LogP contribution in [0.5, 0.6) is 0 Å². The fraction of sp³-hybridized carbons (Fsp3) is 0.800. The lowest BCUT2D eigenvalue weighted by Crippen LogP contribution is -2.53. The first kappa shape index (κ1) is 26.0. The van der Waals surface area contributed by atoms with E-state index >= 15 is 0 Å². The summed E-state index contributed by atoms with van der Waals surface area (Å²) in [7, 11) is -3.30. The third kappa shape index (κ3) is 11.7. The predicted molar refractivity (Wildman–Crippen MR) is 123 cm³/mol. The molecule has 0 spiro atoms. The van der Waals surface area contributed by atoms with Crippen molar-refractivity contribution < 1.29 is 13.3 Å². The maximum absolute atomic E-state index is 6.60. The Balaban J connectivity index is 4.83. The minimum absolute atomic E-state index is 0.518. The molecule has 0 atom stereocenters. The van der Waals surface area contributed by atoms with Gasteiger partial charge in [-0.1, -0.05) is 63.3 Å². The van der Waals surface area contributed by atoms with E-state index in [-0.39, 0.29) is 0 Å². The van der Waals surface area contributed by atoms with Crippen molar-refractivity contribution in [3.05, 3.63) is 24.6 Å². The first-order valence-corrected chi connectivity index (χ1v) is 17.1. The zero-order chi connectivity index (χ0) is 20.1. The molecule has 0 aliphatic rings. The molecule has 6 heteroatoms. The predicted octanol–water partition coefficient (Wildman–Crippen LogP) is 5.40. The van der Waals surface area contributed by atoms with Gasteiger partial charge in [0.2, 0.25) is 16.6 Å². The van der Waals surface area contributed by atoms with Crippen LogP contribution in [0.3, 0.4) is 0 Å². The summed E-state index contributed by atoms with van der Waals surface area (Å²) >= 11 is 0. The van der Waals surface area contributed by atoms with Crippen LogP contribution >= 0.6 is 0 Å². The highest BCUT2D eigenvalue weighted by molar-refractivity contribution is 6.77. The maximum Gasteiger partial charge on any atom is 0.214 e. The lowest BCUT2D eigenvalue weighted by Gasteiger charge is -2.43. The molecular weight excluding hydrogens is 372 g/mol. The molecule has 0 amide bonds. The topological polar surface area (TPSA) is 27.7 Å². The monoisotopic (exact) mass is 416 g/mol. The Kier molecular flexibility index (Phi) is 13.2. The van der Waals surface area contributed by atoms with E-state index in [0.29, 0.717) is 17.1 Å². The van der Waals surface area contributed by atoms with Crippen LogP contribution in [0, 0.1) is 0 Å². The van der Waals surface area contributed by atoms with Gasteiger partial charge in [-0.2, -0.15) is 0 Å². The maximum atomic E-state index is 6.60. The Morgan fingerprint density at radius 2 is 1.23 bits per heavy atom. The minimum Gasteiger partial charge on any atom is -0.423 e. The molecule has 26 heavy (non-hydrogen) atoms. The first-order chi connectivity index (χ1) is 12.2. The average Bonchev–Trinajstić information content (AvgIpc) is 2.57. The molecule has 0 rings (SSSR count). The number of hydrogen-bond acceptors (Lipinski definition) is 3. The van der Waals surface area contributed by atoms with E-state index in [4.69, 9.17) is 13.3 Å². The van der Waals surface area contributed by atoms with Gasteiger partial charge in [-0.3, -0.25) is 0 Å². The Morgan fingerprint density at radius 1 is 0.808 bits per heavy atom. The van der Waals surface area contributed by atoms with Crippen LogP contribution in [-0.2, 0) is 13.3 Å². The molecule has 0 saturated heterocycles. The third-order valence-electron chi connectivity index (χ3n) is 4.66. The molecule has 0 aromatic heterocycles. The Morgan fingerprint density at radius 3 is 1.62 bits per heavy atom. The number of hydrogen-bond donors (Lipinski definition) is 0. The quantitative estimate of drug-likeness (QED) is 0.180. The second-order valence-electron chi connectivity index (χ2n) is 8.39. The molecule has 3 nitrogen and oxygen atoms in total. The van der Waals surface area contributed by atoms with E-state index in [0.717, 1.165) is 12.8 Å². The van der Waals surface area contributed by atoms with Crippen LogP contribution < -0.4 is 0 Å². The summed E-state index contributed by atoms with van der Waals surface area (Å²) in [5.41, 5.74) is 3.96. The Bertz CT molecular complexity index is 376. The van der Waals surface area contributed by atoms with Crippen LogP contribution in [0.1, 0.15) is 64.7 Å². The van der Waals surface area contributed by atoms with Crippen molar-refractivity contribution in [2.24, 2.45) is 0 Å². The molecule has 0 radical (unpaired) electrons. The van der Waals surface area contributed by atoms with Crippen LogP contribution in [0.2, 0.25) is 26.2 Å². The van der Waals surface area contributed by atoms with Crippen molar-refractivity contribution in [3.8, 4) is 0 Å². The summed E-state index contributed by atoms with van der Waals surface area (Å²) < 4.78 is 18.9. The van der Waals surface area contributed by atoms with E-state index in [1.54, 1.807) is 0 Å². The molecule has 0 aliphatic heterocycles. The van der Waals surface area contributed by atoms with Gasteiger partial charge in [0.1, 0.15) is 10.5 Å². The van der Waals surface area contributed by atoms with Gasteiger partial charge < -0.3 is 13.3 Å². The van der Waals surface area contributed by atoms with Crippen molar-refractivity contribution in [1.82, 2.24) is 0 Å². The SMILES string of the molecule is C=C[Si](C)(C)OC(CCCCCCCCCC)(CO[SiH3])O[Si](C)(C)C=C. The molecule has 154 valence electrons. The highest BCUT2D eigenvalue weighted by Crippen LogP contribution is 2.31. The molecule has 0 unspecified atom stereocenters. The standard InChI is InChI=1S/C20H44O3Si3/c1-8-11-12-13-14-15-16-17-18-20(19-21-24,22-25(4,5)9-2)23-26(6,7)10-3/h9-10H,2-3,8,11-19H2,1,4-7,24H3. The Labute approximate surface area is 168 Å². The van der Waals surface area contributed by atoms with Gasteiger partial charge >= 0.3 is 0 Å². The number of rotatable bonds is 17. The van der Waals surface area contributed by atoms with E-state index < -0.39 is 22.4 Å². The third-order valence-corrected chi connectivity index (χ3v) is 8.71. The lowest BCUT2D eigenvalue weighted by atomic mass is 10.0. The summed E-state index contributed by atoms with van der Waals surface area (Å²) in [6.07, 6.45) is 11.3. The largest absolute Gasteiger partial charge is 0.423 e. The molecule has 0 aromatic carbocycles. The second-order valence-corrected chi connectivity index (χ2v) is 16.6. The Hall–Kier alpha value is 0.0106. The molecule has 0 aliphatic carbocycles. The van der Waals surface area contributed by atoms with Crippen molar-refractivity contribution in [1.29, 1.82) is 0 Å². The van der Waals surface area contributed by atoms with Crippen molar-refractivity contribution in [2.75, 3.05) is 6.61 Å². The molecule has 0 fully saturated rings. The summed E-state index contributed by atoms with van der Waals surface area (Å²) in [6.45, 7) is 19.4. The van der Waals surface area contributed by atoms with E-state index in [1.807, 2.05) is 11.4 Å². The zero-order valence-electron chi connectivity index (χ0n) is 18.4. The summed E-state index contributed by atoms with van der Waals surface area (Å²) in [5, 5.41) is 0. The van der Waals surface area contributed by atoms with Gasteiger partial charge in [0.05, 0.1) is 6.61 Å². The van der Waals surface area contributed by atoms with Crippen LogP contribution in [0.4, 0.5) is 0 Å². The van der Waals surface area contributed by atoms with E-state index in [9.17, 15) is 0 Å². The molecule has 0 N–H and O–H groups in total. The van der Waals surface area contributed by atoms with Gasteiger partial charge in [-0.15, -0.1) is 13.2 Å². The summed E-state index contributed by atoms with van der Waals surface area (Å²) in [5.74, 6) is -0.641. The summed E-state index contributed by atoms with van der Waals surface area (Å²) in [4.78, 5) is 0. The highest BCUT2D eigenvalue weighted by atomic mass is 28.4. The van der Waals surface area contributed by atoms with Crippen molar-refractivity contribution in [2.45, 2.75) is 96.7 Å². The van der Waals surface area contributed by atoms with Crippen molar-refractivity contribution >= 4 is 27.1 Å². The first-order valence-electron chi connectivity index (χ1n) is 10.3. The number of unbranched alkanes of at least 4 members (excludes halogenated alkanes) is 7. The van der Waals surface area contributed by atoms with Gasteiger partial charge in [-0.25, -0.2) is 0 Å². The zero-order valence-corrected chi connectivity index (χ0v) is 22.4. The molecule has 0 saturated carbocycles. The molecule has 0 heterocycles.